The van der Waals surface area contributed by atoms with Crippen LogP contribution in [0.4, 0.5) is 17.6 Å². The number of aryl methyl sites for hydroxylation is 2. The van der Waals surface area contributed by atoms with Gasteiger partial charge in [-0.2, -0.15) is 5.26 Å². The molecule has 2 aromatic carbocycles. The lowest BCUT2D eigenvalue weighted by Crippen LogP contribution is -2.15. The van der Waals surface area contributed by atoms with E-state index in [2.05, 4.69) is 6.58 Å². The maximum absolute atomic E-state index is 14.6. The van der Waals surface area contributed by atoms with Crippen LogP contribution in [0, 0.1) is 46.4 Å². The molecule has 1 nitrogen and oxygen atoms in total. The molecule has 1 fully saturated rings. The van der Waals surface area contributed by atoms with Gasteiger partial charge in [-0.15, -0.1) is 6.58 Å². The van der Waals surface area contributed by atoms with Gasteiger partial charge in [0.2, 0.25) is 0 Å². The SMILES string of the molecule is C=CCCC1CCC(CCc2cc(F)c(CCc3cc(F)c(C#N)c(F)c3)c(F)c2)CC1. The standard InChI is InChI=1S/C27H29F4N/c1-2-3-4-18-5-7-19(8-6-18)9-10-20-13-24(28)22(25(29)14-20)12-11-21-15-26(30)23(17-32)27(31)16-21/h2,13-16,18-19H,1,3-12H2. The number of allylic oxidation sites excluding steroid dienone is 1. The third kappa shape index (κ3) is 6.22. The molecule has 1 saturated carbocycles. The van der Waals surface area contributed by atoms with Crippen LogP contribution in [0.2, 0.25) is 0 Å². The first-order valence-corrected chi connectivity index (χ1v) is 11.4. The van der Waals surface area contributed by atoms with E-state index in [0.717, 1.165) is 30.9 Å². The van der Waals surface area contributed by atoms with Gasteiger partial charge in [0.15, 0.2) is 0 Å². The number of hydrogen-bond acceptors (Lipinski definition) is 1. The van der Waals surface area contributed by atoms with Crippen LogP contribution in [-0.4, -0.2) is 0 Å². The second-order valence-corrected chi connectivity index (χ2v) is 8.88. The normalized spacial score (nSPS) is 18.3. The minimum Gasteiger partial charge on any atom is -0.207 e. The quantitative estimate of drug-likeness (QED) is 0.289. The van der Waals surface area contributed by atoms with E-state index in [-0.39, 0.29) is 24.0 Å². The number of nitriles is 1. The summed E-state index contributed by atoms with van der Waals surface area (Å²) in [6, 6.07) is 6.31. The van der Waals surface area contributed by atoms with Gasteiger partial charge in [0.1, 0.15) is 34.9 Å². The Labute approximate surface area is 187 Å². The molecular weight excluding hydrogens is 414 g/mol. The highest BCUT2D eigenvalue weighted by molar-refractivity contribution is 5.36. The first-order chi connectivity index (χ1) is 15.4. The third-order valence-electron chi connectivity index (χ3n) is 6.66. The lowest BCUT2D eigenvalue weighted by Gasteiger charge is -2.28. The van der Waals surface area contributed by atoms with E-state index in [0.29, 0.717) is 17.9 Å². The van der Waals surface area contributed by atoms with E-state index in [9.17, 15) is 17.6 Å². The molecule has 5 heteroatoms. The summed E-state index contributed by atoms with van der Waals surface area (Å²) in [5.74, 6) is -1.80. The molecule has 32 heavy (non-hydrogen) atoms. The smallest absolute Gasteiger partial charge is 0.144 e. The molecule has 0 bridgehead atoms. The summed E-state index contributed by atoms with van der Waals surface area (Å²) in [6.07, 6.45) is 10.6. The molecule has 170 valence electrons. The second-order valence-electron chi connectivity index (χ2n) is 8.88. The van der Waals surface area contributed by atoms with E-state index in [4.69, 9.17) is 5.26 Å². The summed E-state index contributed by atoms with van der Waals surface area (Å²) < 4.78 is 56.7. The largest absolute Gasteiger partial charge is 0.207 e. The minimum absolute atomic E-state index is 0.0164. The predicted molar refractivity (Wildman–Crippen MR) is 118 cm³/mol. The van der Waals surface area contributed by atoms with Crippen LogP contribution < -0.4 is 0 Å². The van der Waals surface area contributed by atoms with Crippen molar-refractivity contribution >= 4 is 0 Å². The Hall–Kier alpha value is -2.61. The van der Waals surface area contributed by atoms with Crippen molar-refractivity contribution in [3.05, 3.63) is 82.4 Å². The lowest BCUT2D eigenvalue weighted by molar-refractivity contribution is 0.254. The van der Waals surface area contributed by atoms with E-state index >= 15 is 0 Å². The maximum atomic E-state index is 14.6. The van der Waals surface area contributed by atoms with Crippen molar-refractivity contribution in [1.82, 2.24) is 0 Å². The van der Waals surface area contributed by atoms with Gasteiger partial charge in [-0.05, 0) is 85.8 Å². The maximum Gasteiger partial charge on any atom is 0.144 e. The molecular formula is C27H29F4N. The van der Waals surface area contributed by atoms with Crippen LogP contribution in [0.15, 0.2) is 36.9 Å². The van der Waals surface area contributed by atoms with Crippen molar-refractivity contribution in [2.75, 3.05) is 0 Å². The van der Waals surface area contributed by atoms with Gasteiger partial charge in [-0.3, -0.25) is 0 Å². The van der Waals surface area contributed by atoms with Crippen LogP contribution in [0.3, 0.4) is 0 Å². The summed E-state index contributed by atoms with van der Waals surface area (Å²) in [6.45, 7) is 3.78. The molecule has 0 unspecified atom stereocenters. The lowest BCUT2D eigenvalue weighted by atomic mass is 9.78. The molecule has 1 aliphatic carbocycles. The molecule has 0 heterocycles. The van der Waals surface area contributed by atoms with E-state index in [1.807, 2.05) is 6.08 Å². The molecule has 1 aliphatic rings. The van der Waals surface area contributed by atoms with Gasteiger partial charge < -0.3 is 0 Å². The Morgan fingerprint density at radius 1 is 0.781 bits per heavy atom. The Bertz CT molecular complexity index is 938. The number of hydrogen-bond donors (Lipinski definition) is 0. The molecule has 0 atom stereocenters. The zero-order valence-corrected chi connectivity index (χ0v) is 18.3. The highest BCUT2D eigenvalue weighted by atomic mass is 19.1. The first-order valence-electron chi connectivity index (χ1n) is 11.4. The molecule has 3 rings (SSSR count). The summed E-state index contributed by atoms with van der Waals surface area (Å²) in [7, 11) is 0. The number of nitrogens with zero attached hydrogens (tertiary/aromatic N) is 1. The topological polar surface area (TPSA) is 23.8 Å². The predicted octanol–water partition coefficient (Wildman–Crippen LogP) is 7.61. The van der Waals surface area contributed by atoms with E-state index in [1.54, 1.807) is 0 Å². The van der Waals surface area contributed by atoms with E-state index < -0.39 is 28.8 Å². The fourth-order valence-electron chi connectivity index (χ4n) is 4.72. The van der Waals surface area contributed by atoms with Crippen LogP contribution >= 0.6 is 0 Å². The van der Waals surface area contributed by atoms with Gasteiger partial charge >= 0.3 is 0 Å². The van der Waals surface area contributed by atoms with Crippen molar-refractivity contribution in [3.63, 3.8) is 0 Å². The highest BCUT2D eigenvalue weighted by Gasteiger charge is 2.21. The van der Waals surface area contributed by atoms with Crippen molar-refractivity contribution in [2.24, 2.45) is 11.8 Å². The Balaban J connectivity index is 1.55. The van der Waals surface area contributed by atoms with Crippen LogP contribution in [0.1, 0.15) is 67.2 Å². The van der Waals surface area contributed by atoms with Crippen molar-refractivity contribution in [2.45, 2.75) is 64.2 Å². The average molecular weight is 444 g/mol. The molecule has 0 amide bonds. The average Bonchev–Trinajstić information content (AvgIpc) is 2.76. The van der Waals surface area contributed by atoms with Crippen LogP contribution in [0.5, 0.6) is 0 Å². The van der Waals surface area contributed by atoms with Crippen molar-refractivity contribution in [1.29, 1.82) is 5.26 Å². The monoisotopic (exact) mass is 443 g/mol. The Morgan fingerprint density at radius 3 is 1.81 bits per heavy atom. The summed E-state index contributed by atoms with van der Waals surface area (Å²) in [5, 5.41) is 8.73. The number of halogens is 4. The van der Waals surface area contributed by atoms with Gasteiger partial charge in [-0.1, -0.05) is 31.8 Å². The molecule has 0 saturated heterocycles. The molecule has 0 aliphatic heterocycles. The van der Waals surface area contributed by atoms with Gasteiger partial charge in [-0.25, -0.2) is 17.6 Å². The number of benzene rings is 2. The Kier molecular flexibility index (Phi) is 8.50. The van der Waals surface area contributed by atoms with Gasteiger partial charge in [0.05, 0.1) is 0 Å². The van der Waals surface area contributed by atoms with Crippen LogP contribution in [0.25, 0.3) is 0 Å². The van der Waals surface area contributed by atoms with Crippen molar-refractivity contribution < 1.29 is 17.6 Å². The van der Waals surface area contributed by atoms with Crippen molar-refractivity contribution in [3.8, 4) is 6.07 Å². The molecule has 0 N–H and O–H groups in total. The fourth-order valence-corrected chi connectivity index (χ4v) is 4.72. The summed E-state index contributed by atoms with van der Waals surface area (Å²) >= 11 is 0. The van der Waals surface area contributed by atoms with Gasteiger partial charge in [0.25, 0.3) is 0 Å². The molecule has 2 aromatic rings. The summed E-state index contributed by atoms with van der Waals surface area (Å²) in [5.41, 5.74) is 0.168. The van der Waals surface area contributed by atoms with Crippen LogP contribution in [-0.2, 0) is 19.3 Å². The zero-order chi connectivity index (χ0) is 23.1. The third-order valence-corrected chi connectivity index (χ3v) is 6.66. The zero-order valence-electron chi connectivity index (χ0n) is 18.3. The van der Waals surface area contributed by atoms with Gasteiger partial charge in [0, 0.05) is 5.56 Å². The summed E-state index contributed by atoms with van der Waals surface area (Å²) in [4.78, 5) is 0. The molecule has 0 aromatic heterocycles. The molecule has 0 radical (unpaired) electrons. The number of rotatable bonds is 9. The Morgan fingerprint density at radius 2 is 1.28 bits per heavy atom. The second kappa shape index (κ2) is 11.3. The minimum atomic E-state index is -0.964. The molecule has 0 spiro atoms. The first kappa shape index (κ1) is 24.0. The highest BCUT2D eigenvalue weighted by Crippen LogP contribution is 2.34. The fraction of sp³-hybridized carbons (Fsp3) is 0.444. The van der Waals surface area contributed by atoms with E-state index in [1.165, 1.54) is 50.3 Å².